The molecule has 1 amide bonds. The lowest BCUT2D eigenvalue weighted by molar-refractivity contribution is -0.564. The first-order valence-corrected chi connectivity index (χ1v) is 5.03. The molecule has 1 N–H and O–H groups in total. The predicted octanol–water partition coefficient (Wildman–Crippen LogP) is -2.88. The number of rotatable bonds is 1. The number of carbonyl (C=O) groups is 1. The van der Waals surface area contributed by atoms with Crippen molar-refractivity contribution in [3.05, 3.63) is 0 Å². The summed E-state index contributed by atoms with van der Waals surface area (Å²) in [6.07, 6.45) is 1.47. The highest BCUT2D eigenvalue weighted by Crippen LogP contribution is 2.20. The number of carbonyl (C=O) groups excluding carboxylic acids is 1. The van der Waals surface area contributed by atoms with Gasteiger partial charge in [0.25, 0.3) is 0 Å². The van der Waals surface area contributed by atoms with Crippen molar-refractivity contribution in [2.75, 3.05) is 13.7 Å². The Bertz CT molecular complexity index is 313. The van der Waals surface area contributed by atoms with Crippen LogP contribution in [0.15, 0.2) is 0 Å². The first kappa shape index (κ1) is 12.7. The molecule has 0 spiro atoms. The molecular formula is C10H17IN2O2. The van der Waals surface area contributed by atoms with Crippen LogP contribution < -0.4 is 29.3 Å². The van der Waals surface area contributed by atoms with Gasteiger partial charge in [-0.2, -0.15) is 4.58 Å². The molecule has 0 radical (unpaired) electrons. The van der Waals surface area contributed by atoms with E-state index in [1.54, 1.807) is 0 Å². The summed E-state index contributed by atoms with van der Waals surface area (Å²) in [6, 6.07) is 0.0919. The van der Waals surface area contributed by atoms with Crippen LogP contribution in [0.5, 0.6) is 0 Å². The number of ether oxygens (including phenoxy) is 1. The summed E-state index contributed by atoms with van der Waals surface area (Å²) in [5, 5.41) is 2.92. The van der Waals surface area contributed by atoms with E-state index in [4.69, 9.17) is 4.74 Å². The summed E-state index contributed by atoms with van der Waals surface area (Å²) >= 11 is 0. The standard InChI is InChI=1S/C10H16N2O2.HI/c1-10(2)6-14-9(12(10)3)7-4-5-8(13)11-7;/h7H,4-6H2,1-3H3;1H. The lowest BCUT2D eigenvalue weighted by Crippen LogP contribution is -3.00. The molecule has 2 rings (SSSR count). The van der Waals surface area contributed by atoms with Crippen LogP contribution in [0.2, 0.25) is 0 Å². The van der Waals surface area contributed by atoms with E-state index in [1.807, 2.05) is 7.05 Å². The number of amides is 1. The van der Waals surface area contributed by atoms with E-state index in [-0.39, 0.29) is 41.5 Å². The number of hydrogen-bond acceptors (Lipinski definition) is 2. The zero-order chi connectivity index (χ0) is 10.3. The minimum Gasteiger partial charge on any atom is -1.00 e. The molecule has 2 heterocycles. The Kier molecular flexibility index (Phi) is 3.63. The van der Waals surface area contributed by atoms with Gasteiger partial charge in [-0.05, 0) is 6.42 Å². The van der Waals surface area contributed by atoms with Gasteiger partial charge in [-0.15, -0.1) is 0 Å². The van der Waals surface area contributed by atoms with Crippen LogP contribution in [-0.2, 0) is 9.53 Å². The van der Waals surface area contributed by atoms with Crippen molar-refractivity contribution in [1.29, 1.82) is 0 Å². The predicted molar refractivity (Wildman–Crippen MR) is 52.4 cm³/mol. The van der Waals surface area contributed by atoms with E-state index in [0.717, 1.165) is 12.3 Å². The Balaban J connectivity index is 0.00000112. The highest BCUT2D eigenvalue weighted by atomic mass is 127. The molecule has 4 nitrogen and oxygen atoms in total. The largest absolute Gasteiger partial charge is 1.00 e. The summed E-state index contributed by atoms with van der Waals surface area (Å²) in [6.45, 7) is 4.97. The van der Waals surface area contributed by atoms with Gasteiger partial charge in [0.05, 0.1) is 0 Å². The van der Waals surface area contributed by atoms with E-state index < -0.39 is 0 Å². The van der Waals surface area contributed by atoms with Crippen molar-refractivity contribution in [2.45, 2.75) is 38.3 Å². The molecule has 2 aliphatic heterocycles. The third-order valence-corrected chi connectivity index (χ3v) is 3.11. The third-order valence-electron chi connectivity index (χ3n) is 3.11. The van der Waals surface area contributed by atoms with Gasteiger partial charge in [-0.25, -0.2) is 0 Å². The van der Waals surface area contributed by atoms with Gasteiger partial charge in [0.2, 0.25) is 5.91 Å². The number of likely N-dealkylation sites (N-methyl/N-ethyl adjacent to an activating group) is 1. The normalized spacial score (nSPS) is 28.5. The van der Waals surface area contributed by atoms with Crippen molar-refractivity contribution in [3.63, 3.8) is 0 Å². The highest BCUT2D eigenvalue weighted by Gasteiger charge is 2.44. The van der Waals surface area contributed by atoms with Crippen LogP contribution in [0.3, 0.4) is 0 Å². The molecule has 2 aliphatic rings. The minimum absolute atomic E-state index is 0. The van der Waals surface area contributed by atoms with Crippen LogP contribution >= 0.6 is 0 Å². The van der Waals surface area contributed by atoms with Crippen molar-refractivity contribution >= 4 is 11.8 Å². The van der Waals surface area contributed by atoms with Crippen LogP contribution in [-0.4, -0.2) is 41.6 Å². The summed E-state index contributed by atoms with van der Waals surface area (Å²) in [4.78, 5) is 11.1. The second kappa shape index (κ2) is 4.27. The Hall–Kier alpha value is -0.330. The molecule has 5 heteroatoms. The highest BCUT2D eigenvalue weighted by molar-refractivity contribution is 5.89. The summed E-state index contributed by atoms with van der Waals surface area (Å²) in [5.74, 6) is 1.05. The maximum atomic E-state index is 11.1. The Morgan fingerprint density at radius 3 is 2.60 bits per heavy atom. The van der Waals surface area contributed by atoms with Crippen molar-refractivity contribution in [1.82, 2.24) is 5.32 Å². The molecule has 1 atom stereocenters. The van der Waals surface area contributed by atoms with E-state index >= 15 is 0 Å². The molecule has 0 aromatic carbocycles. The second-order valence-corrected chi connectivity index (χ2v) is 4.66. The molecule has 0 saturated carbocycles. The lowest BCUT2D eigenvalue weighted by Gasteiger charge is -2.10. The van der Waals surface area contributed by atoms with Crippen LogP contribution in [0.1, 0.15) is 26.7 Å². The molecule has 0 aliphatic carbocycles. The minimum atomic E-state index is 0. The first-order valence-electron chi connectivity index (χ1n) is 5.03. The number of nitrogens with one attached hydrogen (secondary N) is 1. The van der Waals surface area contributed by atoms with E-state index in [9.17, 15) is 4.79 Å². The molecule has 0 aromatic heterocycles. The quantitative estimate of drug-likeness (QED) is 0.416. The molecule has 0 bridgehead atoms. The summed E-state index contributed by atoms with van der Waals surface area (Å²) in [5.41, 5.74) is 0.0443. The molecule has 15 heavy (non-hydrogen) atoms. The maximum absolute atomic E-state index is 11.1. The van der Waals surface area contributed by atoms with Crippen molar-refractivity contribution in [2.24, 2.45) is 0 Å². The van der Waals surface area contributed by atoms with Gasteiger partial charge in [0.1, 0.15) is 7.05 Å². The molecule has 1 unspecified atom stereocenters. The van der Waals surface area contributed by atoms with E-state index in [2.05, 4.69) is 23.7 Å². The first-order chi connectivity index (χ1) is 6.50. The van der Waals surface area contributed by atoms with Gasteiger partial charge in [-0.1, -0.05) is 0 Å². The van der Waals surface area contributed by atoms with Gasteiger partial charge in [0.15, 0.2) is 18.2 Å². The average molecular weight is 324 g/mol. The zero-order valence-corrected chi connectivity index (χ0v) is 11.5. The van der Waals surface area contributed by atoms with Crippen LogP contribution in [0, 0.1) is 0 Å². The van der Waals surface area contributed by atoms with Gasteiger partial charge < -0.3 is 34.0 Å². The average Bonchev–Trinajstić information content (AvgIpc) is 2.60. The second-order valence-electron chi connectivity index (χ2n) is 4.66. The fourth-order valence-electron chi connectivity index (χ4n) is 1.88. The lowest BCUT2D eigenvalue weighted by atomic mass is 10.1. The summed E-state index contributed by atoms with van der Waals surface area (Å²) in [7, 11) is 2.02. The van der Waals surface area contributed by atoms with Crippen molar-refractivity contribution in [3.8, 4) is 0 Å². The molecule has 86 valence electrons. The fourth-order valence-corrected chi connectivity index (χ4v) is 1.88. The number of nitrogens with zero attached hydrogens (tertiary/aromatic N) is 1. The zero-order valence-electron chi connectivity index (χ0n) is 9.34. The van der Waals surface area contributed by atoms with Crippen LogP contribution in [0.25, 0.3) is 0 Å². The van der Waals surface area contributed by atoms with E-state index in [0.29, 0.717) is 13.0 Å². The van der Waals surface area contributed by atoms with E-state index in [1.165, 1.54) is 0 Å². The Morgan fingerprint density at radius 1 is 1.53 bits per heavy atom. The maximum Gasteiger partial charge on any atom is 0.360 e. The van der Waals surface area contributed by atoms with Crippen molar-refractivity contribution < 1.29 is 38.1 Å². The smallest absolute Gasteiger partial charge is 0.360 e. The number of halogens is 1. The number of hydrogen-bond donors (Lipinski definition) is 1. The Labute approximate surface area is 107 Å². The van der Waals surface area contributed by atoms with Gasteiger partial charge in [-0.3, -0.25) is 4.79 Å². The summed E-state index contributed by atoms with van der Waals surface area (Å²) < 4.78 is 7.77. The molecule has 1 fully saturated rings. The molecule has 1 saturated heterocycles. The van der Waals surface area contributed by atoms with Gasteiger partial charge in [0, 0.05) is 20.3 Å². The van der Waals surface area contributed by atoms with Crippen LogP contribution in [0.4, 0.5) is 0 Å². The van der Waals surface area contributed by atoms with Gasteiger partial charge >= 0.3 is 5.90 Å². The monoisotopic (exact) mass is 324 g/mol. The molecular weight excluding hydrogens is 307 g/mol. The Morgan fingerprint density at radius 2 is 2.20 bits per heavy atom. The topological polar surface area (TPSA) is 41.3 Å². The third kappa shape index (κ3) is 2.26. The molecule has 0 aromatic rings. The fraction of sp³-hybridized carbons (Fsp3) is 0.800. The SMILES string of the molecule is C[N+]1=C(C2CCC(=O)N2)OCC1(C)C.[I-].